The Bertz CT molecular complexity index is 2100. The molecule has 2 aliphatic heterocycles. The largest absolute Gasteiger partial charge is 0.472 e. The Morgan fingerprint density at radius 2 is 1.77 bits per heavy atom. The molecule has 2 amide bonds. The number of Topliss-reactive ketones (excluding diaryl/α,β-unsaturated/α-hetero) is 1. The van der Waals surface area contributed by atoms with Crippen molar-refractivity contribution in [1.29, 1.82) is 0 Å². The van der Waals surface area contributed by atoms with Crippen molar-refractivity contribution >= 4 is 39.2 Å². The van der Waals surface area contributed by atoms with Crippen LogP contribution in [0.3, 0.4) is 0 Å². The molecule has 7 atom stereocenters. The third-order valence-electron chi connectivity index (χ3n) is 13.3. The number of ether oxygens (including phenoxy) is 2. The standard InChI is InChI=1S/C42H52N4O9S/c1-2-28-23-42(28,41(51)44-56(52,53)30-18-19-30)24-34(47)33-21-29-25-46(33)40(50)32(26-11-6-7-12-26)22-37(48)55-35-16-10-14-27(35)13-4-3-5-15-31-38(54-29)43-36-17-8-9-20-45(36)39(31)49/h2-3,5,8-9,17,20,26-30,32-33,35H,1,4,6-7,10-16,18-19,21-25H2,(H,44,51)/b5-3+/t27-,28-,29-,32+,33+,35-,42-/m1/s1. The lowest BCUT2D eigenvalue weighted by molar-refractivity contribution is -0.156. The second-order valence-corrected chi connectivity index (χ2v) is 18.9. The molecule has 1 N–H and O–H groups in total. The number of nitrogens with zero attached hydrogens (tertiary/aromatic N) is 3. The normalized spacial score (nSPS) is 32.0. The molecule has 2 aromatic heterocycles. The highest BCUT2D eigenvalue weighted by molar-refractivity contribution is 7.90. The molecule has 0 spiro atoms. The lowest BCUT2D eigenvalue weighted by Gasteiger charge is -2.31. The van der Waals surface area contributed by atoms with E-state index < -0.39 is 62.3 Å². The zero-order chi connectivity index (χ0) is 39.2. The molecule has 8 rings (SSSR count). The average molecular weight is 789 g/mol. The van der Waals surface area contributed by atoms with Crippen molar-refractivity contribution in [2.45, 2.75) is 126 Å². The van der Waals surface area contributed by atoms with Crippen LogP contribution in [0.25, 0.3) is 5.65 Å². The number of sulfonamides is 1. The van der Waals surface area contributed by atoms with E-state index in [0.717, 1.165) is 57.8 Å². The number of ketones is 1. The Kier molecular flexibility index (Phi) is 10.7. The van der Waals surface area contributed by atoms with Crippen LogP contribution < -0.4 is 15.0 Å². The third kappa shape index (κ3) is 7.69. The molecule has 2 bridgehead atoms. The number of aromatic nitrogens is 2. The molecule has 2 aromatic rings. The molecule has 0 unspecified atom stereocenters. The van der Waals surface area contributed by atoms with Crippen molar-refractivity contribution in [2.24, 2.45) is 29.1 Å². The Labute approximate surface area is 327 Å². The van der Waals surface area contributed by atoms with E-state index in [4.69, 9.17) is 14.5 Å². The van der Waals surface area contributed by atoms with Crippen LogP contribution in [0.2, 0.25) is 0 Å². The van der Waals surface area contributed by atoms with E-state index in [-0.39, 0.29) is 73.9 Å². The van der Waals surface area contributed by atoms with Crippen molar-refractivity contribution < 1.29 is 37.1 Å². The molecule has 5 fully saturated rings. The molecule has 0 radical (unpaired) electrons. The minimum atomic E-state index is -3.87. The summed E-state index contributed by atoms with van der Waals surface area (Å²) >= 11 is 0. The van der Waals surface area contributed by atoms with Crippen molar-refractivity contribution in [3.05, 3.63) is 65.1 Å². The minimum absolute atomic E-state index is 0.00344. The van der Waals surface area contributed by atoms with Crippen molar-refractivity contribution in [1.82, 2.24) is 19.0 Å². The number of nitrogens with one attached hydrogen (secondary N) is 1. The number of amides is 2. The monoisotopic (exact) mass is 788 g/mol. The Morgan fingerprint density at radius 1 is 0.982 bits per heavy atom. The van der Waals surface area contributed by atoms with Crippen LogP contribution in [0.4, 0.5) is 0 Å². The summed E-state index contributed by atoms with van der Waals surface area (Å²) in [4.78, 5) is 77.0. The predicted molar refractivity (Wildman–Crippen MR) is 206 cm³/mol. The predicted octanol–water partition coefficient (Wildman–Crippen LogP) is 4.60. The maximum atomic E-state index is 14.9. The summed E-state index contributed by atoms with van der Waals surface area (Å²) in [5, 5.41) is -0.615. The maximum Gasteiger partial charge on any atom is 0.306 e. The smallest absolute Gasteiger partial charge is 0.306 e. The maximum absolute atomic E-state index is 14.9. The van der Waals surface area contributed by atoms with Crippen LogP contribution in [0.1, 0.15) is 102 Å². The SMILES string of the molecule is C=C[C@@H]1C[C@]1(CC(=O)[C@@H]1C[C@@H]2CN1C(=O)[C@H](C1CCCC1)CC(=O)O[C@@H]1CCC[C@H]1CC/C=C/Cc1c(nc3ccccn3c1=O)O2)C(=O)NS(=O)(=O)C1CC1. The van der Waals surface area contributed by atoms with E-state index in [2.05, 4.69) is 11.3 Å². The van der Waals surface area contributed by atoms with E-state index in [1.165, 1.54) is 9.30 Å². The van der Waals surface area contributed by atoms with Gasteiger partial charge >= 0.3 is 5.97 Å². The Balaban J connectivity index is 1.14. The topological polar surface area (TPSA) is 171 Å². The molecule has 13 nitrogen and oxygen atoms in total. The summed E-state index contributed by atoms with van der Waals surface area (Å²) in [5.74, 6) is -2.69. The van der Waals surface area contributed by atoms with Gasteiger partial charge in [-0.15, -0.1) is 6.58 Å². The number of hydrogen-bond donors (Lipinski definition) is 1. The summed E-state index contributed by atoms with van der Waals surface area (Å²) in [6.45, 7) is 3.84. The lowest BCUT2D eigenvalue weighted by atomic mass is 9.86. The quantitative estimate of drug-likeness (QED) is 0.295. The fourth-order valence-corrected chi connectivity index (χ4v) is 11.2. The van der Waals surface area contributed by atoms with Gasteiger partial charge < -0.3 is 14.4 Å². The van der Waals surface area contributed by atoms with Crippen molar-refractivity contribution in [3.63, 3.8) is 0 Å². The van der Waals surface area contributed by atoms with Gasteiger partial charge in [-0.25, -0.2) is 8.42 Å². The molecule has 300 valence electrons. The van der Waals surface area contributed by atoms with E-state index >= 15 is 0 Å². The van der Waals surface area contributed by atoms with Gasteiger partial charge in [0.1, 0.15) is 17.9 Å². The molecule has 56 heavy (non-hydrogen) atoms. The van der Waals surface area contributed by atoms with Crippen LogP contribution >= 0.6 is 0 Å². The van der Waals surface area contributed by atoms with Crippen LogP contribution in [-0.2, 0) is 40.4 Å². The average Bonchev–Trinajstić information content (AvgIpc) is 3.96. The van der Waals surface area contributed by atoms with Crippen LogP contribution in [-0.4, -0.2) is 76.3 Å². The number of esters is 1. The van der Waals surface area contributed by atoms with Gasteiger partial charge in [0, 0.05) is 25.5 Å². The second kappa shape index (κ2) is 15.5. The first-order chi connectivity index (χ1) is 27.0. The first kappa shape index (κ1) is 38.5. The highest BCUT2D eigenvalue weighted by Crippen LogP contribution is 2.57. The van der Waals surface area contributed by atoms with Gasteiger partial charge in [-0.2, -0.15) is 4.98 Å². The first-order valence-corrected chi connectivity index (χ1v) is 22.0. The van der Waals surface area contributed by atoms with E-state index in [1.807, 2.05) is 12.2 Å². The molecule has 4 saturated carbocycles. The van der Waals surface area contributed by atoms with Gasteiger partial charge in [0.15, 0.2) is 5.78 Å². The molecular formula is C42H52N4O9S. The second-order valence-electron chi connectivity index (χ2n) is 17.0. The Hall–Kier alpha value is -4.33. The van der Waals surface area contributed by atoms with Crippen molar-refractivity contribution in [2.75, 3.05) is 6.54 Å². The zero-order valence-electron chi connectivity index (χ0n) is 31.8. The van der Waals surface area contributed by atoms with Crippen molar-refractivity contribution in [3.8, 4) is 5.88 Å². The van der Waals surface area contributed by atoms with Gasteiger partial charge in [0.2, 0.25) is 27.7 Å². The number of carbonyl (C=O) groups is 4. The number of hydrogen-bond acceptors (Lipinski definition) is 10. The van der Waals surface area contributed by atoms with E-state index in [9.17, 15) is 32.4 Å². The lowest BCUT2D eigenvalue weighted by Crippen LogP contribution is -2.47. The van der Waals surface area contributed by atoms with Gasteiger partial charge in [-0.3, -0.25) is 33.1 Å². The van der Waals surface area contributed by atoms with E-state index in [1.54, 1.807) is 30.5 Å². The highest BCUT2D eigenvalue weighted by Gasteiger charge is 2.61. The van der Waals surface area contributed by atoms with E-state index in [0.29, 0.717) is 24.1 Å². The third-order valence-corrected chi connectivity index (χ3v) is 15.1. The van der Waals surface area contributed by atoms with Gasteiger partial charge in [0.25, 0.3) is 5.56 Å². The number of pyridine rings is 1. The molecule has 6 aliphatic rings. The summed E-state index contributed by atoms with van der Waals surface area (Å²) in [5.41, 5.74) is -0.826. The summed E-state index contributed by atoms with van der Waals surface area (Å²) in [6, 6.07) is 4.23. The Morgan fingerprint density at radius 3 is 2.52 bits per heavy atom. The van der Waals surface area contributed by atoms with Gasteiger partial charge in [0.05, 0.1) is 41.2 Å². The summed E-state index contributed by atoms with van der Waals surface area (Å²) in [6.07, 6.45) is 15.1. The van der Waals surface area contributed by atoms with Crippen LogP contribution in [0.15, 0.2) is 54.0 Å². The number of fused-ring (bicyclic) bond motifs is 5. The first-order valence-electron chi connectivity index (χ1n) is 20.5. The van der Waals surface area contributed by atoms with Crippen LogP contribution in [0, 0.1) is 29.1 Å². The molecule has 4 heterocycles. The number of rotatable bonds is 8. The van der Waals surface area contributed by atoms with Crippen LogP contribution in [0.5, 0.6) is 5.88 Å². The highest BCUT2D eigenvalue weighted by atomic mass is 32.2. The van der Waals surface area contributed by atoms with Gasteiger partial charge in [-0.05, 0) is 94.1 Å². The fraction of sp³-hybridized carbons (Fsp3) is 0.619. The summed E-state index contributed by atoms with van der Waals surface area (Å²) in [7, 11) is -3.87. The molecular weight excluding hydrogens is 737 g/mol. The van der Waals surface area contributed by atoms with Gasteiger partial charge in [-0.1, -0.05) is 37.1 Å². The number of allylic oxidation sites excluding steroid dienone is 3. The fourth-order valence-electron chi connectivity index (χ4n) is 9.82. The zero-order valence-corrected chi connectivity index (χ0v) is 32.6. The molecule has 0 aromatic carbocycles. The molecule has 4 aliphatic carbocycles. The summed E-state index contributed by atoms with van der Waals surface area (Å²) < 4.78 is 42.0. The molecule has 14 heteroatoms. The minimum Gasteiger partial charge on any atom is -0.472 e. The molecule has 1 saturated heterocycles. The number of carbonyl (C=O) groups excluding carboxylic acids is 4.